The van der Waals surface area contributed by atoms with E-state index >= 15 is 0 Å². The molecule has 1 aromatic carbocycles. The minimum absolute atomic E-state index is 0.0375. The van der Waals surface area contributed by atoms with E-state index in [2.05, 4.69) is 0 Å². The number of benzene rings is 1. The largest absolute Gasteiger partial charge is 0.388 e. The first-order valence-corrected chi connectivity index (χ1v) is 5.64. The smallest absolute Gasteiger partial charge is 0.261 e. The highest BCUT2D eigenvalue weighted by atomic mass is 16.3. The number of imide groups is 1. The zero-order valence-electron chi connectivity index (χ0n) is 9.93. The van der Waals surface area contributed by atoms with E-state index in [1.54, 1.807) is 31.2 Å². The molecule has 0 radical (unpaired) electrons. The van der Waals surface area contributed by atoms with Gasteiger partial charge in [-0.15, -0.1) is 0 Å². The predicted molar refractivity (Wildman–Crippen MR) is 62.7 cm³/mol. The molecule has 0 spiro atoms. The second-order valence-electron chi connectivity index (χ2n) is 4.59. The van der Waals surface area contributed by atoms with Crippen LogP contribution in [0.3, 0.4) is 0 Å². The van der Waals surface area contributed by atoms with Crippen LogP contribution in [0.15, 0.2) is 24.3 Å². The van der Waals surface area contributed by atoms with Gasteiger partial charge in [-0.3, -0.25) is 14.5 Å². The van der Waals surface area contributed by atoms with Crippen molar-refractivity contribution in [2.75, 3.05) is 6.54 Å². The van der Waals surface area contributed by atoms with Crippen molar-refractivity contribution in [2.45, 2.75) is 25.9 Å². The molecule has 2 amide bonds. The molecule has 1 aliphatic heterocycles. The normalized spacial score (nSPS) is 18.2. The molecule has 0 fully saturated rings. The van der Waals surface area contributed by atoms with Crippen LogP contribution in [0.2, 0.25) is 0 Å². The molecule has 2 rings (SSSR count). The van der Waals surface area contributed by atoms with Crippen LogP contribution in [0.1, 0.15) is 41.0 Å². The molecule has 4 heteroatoms. The molecule has 4 nitrogen and oxygen atoms in total. The molecule has 0 aromatic heterocycles. The van der Waals surface area contributed by atoms with Crippen molar-refractivity contribution in [1.29, 1.82) is 0 Å². The number of aliphatic hydroxyl groups is 1. The summed E-state index contributed by atoms with van der Waals surface area (Å²) < 4.78 is 0. The number of nitrogens with zero attached hydrogens (tertiary/aromatic N) is 1. The second-order valence-corrected chi connectivity index (χ2v) is 4.59. The van der Waals surface area contributed by atoms with Gasteiger partial charge in [0.25, 0.3) is 11.8 Å². The quantitative estimate of drug-likeness (QED) is 0.804. The lowest BCUT2D eigenvalue weighted by molar-refractivity contribution is 0.0174. The van der Waals surface area contributed by atoms with Crippen molar-refractivity contribution in [3.8, 4) is 0 Å². The Bertz CT molecular complexity index is 444. The van der Waals surface area contributed by atoms with Gasteiger partial charge in [0.15, 0.2) is 0 Å². The summed E-state index contributed by atoms with van der Waals surface area (Å²) in [5, 5.41) is 9.95. The molecule has 17 heavy (non-hydrogen) atoms. The Morgan fingerprint density at radius 2 is 1.65 bits per heavy atom. The van der Waals surface area contributed by atoms with E-state index < -0.39 is 5.60 Å². The molecular formula is C13H15NO3. The molecule has 1 aliphatic rings. The third-order valence-corrected chi connectivity index (χ3v) is 3.14. The standard InChI is InChI=1S/C13H15NO3/c1-3-13(2,17)8-14-11(15)9-6-4-5-7-10(9)12(14)16/h4-7,17H,3,8H2,1-2H3. The summed E-state index contributed by atoms with van der Waals surface area (Å²) >= 11 is 0. The van der Waals surface area contributed by atoms with Gasteiger partial charge >= 0.3 is 0 Å². The van der Waals surface area contributed by atoms with Crippen LogP contribution in [-0.2, 0) is 0 Å². The fourth-order valence-corrected chi connectivity index (χ4v) is 1.84. The van der Waals surface area contributed by atoms with Crippen LogP contribution >= 0.6 is 0 Å². The topological polar surface area (TPSA) is 57.6 Å². The summed E-state index contributed by atoms with van der Waals surface area (Å²) in [7, 11) is 0. The van der Waals surface area contributed by atoms with Gasteiger partial charge in [0.05, 0.1) is 23.3 Å². The fraction of sp³-hybridized carbons (Fsp3) is 0.385. The maximum Gasteiger partial charge on any atom is 0.261 e. The van der Waals surface area contributed by atoms with Gasteiger partial charge in [-0.1, -0.05) is 19.1 Å². The van der Waals surface area contributed by atoms with Crippen LogP contribution in [0, 0.1) is 0 Å². The lowest BCUT2D eigenvalue weighted by Gasteiger charge is -2.26. The maximum absolute atomic E-state index is 12.0. The van der Waals surface area contributed by atoms with Gasteiger partial charge in [-0.05, 0) is 25.5 Å². The van der Waals surface area contributed by atoms with Crippen molar-refractivity contribution in [2.24, 2.45) is 0 Å². The molecule has 90 valence electrons. The van der Waals surface area contributed by atoms with E-state index in [9.17, 15) is 14.7 Å². The summed E-state index contributed by atoms with van der Waals surface area (Å²) in [5.41, 5.74) is -0.193. The van der Waals surface area contributed by atoms with E-state index in [1.165, 1.54) is 0 Å². The average molecular weight is 233 g/mol. The van der Waals surface area contributed by atoms with Crippen molar-refractivity contribution in [3.63, 3.8) is 0 Å². The van der Waals surface area contributed by atoms with Gasteiger partial charge in [0.1, 0.15) is 0 Å². The third-order valence-electron chi connectivity index (χ3n) is 3.14. The lowest BCUT2D eigenvalue weighted by Crippen LogP contribution is -2.43. The number of hydrogen-bond donors (Lipinski definition) is 1. The molecule has 1 heterocycles. The molecule has 0 saturated carbocycles. The minimum atomic E-state index is -1.03. The summed E-state index contributed by atoms with van der Waals surface area (Å²) in [6.07, 6.45) is 0.487. The number of fused-ring (bicyclic) bond motifs is 1. The number of hydrogen-bond acceptors (Lipinski definition) is 3. The summed E-state index contributed by atoms with van der Waals surface area (Å²) in [4.78, 5) is 25.1. The van der Waals surface area contributed by atoms with E-state index in [0.29, 0.717) is 17.5 Å². The first-order chi connectivity index (χ1) is 7.96. The maximum atomic E-state index is 12.0. The van der Waals surface area contributed by atoms with E-state index in [0.717, 1.165) is 4.90 Å². The second kappa shape index (κ2) is 3.96. The first kappa shape index (κ1) is 11.8. The van der Waals surface area contributed by atoms with Crippen molar-refractivity contribution in [1.82, 2.24) is 4.90 Å². The number of rotatable bonds is 3. The average Bonchev–Trinajstić information content (AvgIpc) is 2.55. The lowest BCUT2D eigenvalue weighted by atomic mass is 10.0. The Morgan fingerprint density at radius 1 is 1.18 bits per heavy atom. The Morgan fingerprint density at radius 3 is 2.06 bits per heavy atom. The van der Waals surface area contributed by atoms with E-state index in [4.69, 9.17) is 0 Å². The minimum Gasteiger partial charge on any atom is -0.388 e. The highest BCUT2D eigenvalue weighted by molar-refractivity contribution is 6.21. The van der Waals surface area contributed by atoms with Crippen LogP contribution in [0.25, 0.3) is 0 Å². The Labute approximate surface area is 99.9 Å². The van der Waals surface area contributed by atoms with Gasteiger partial charge in [-0.25, -0.2) is 0 Å². The highest BCUT2D eigenvalue weighted by Crippen LogP contribution is 2.24. The molecular weight excluding hydrogens is 218 g/mol. The Balaban J connectivity index is 2.31. The molecule has 0 aliphatic carbocycles. The highest BCUT2D eigenvalue weighted by Gasteiger charge is 2.38. The number of amides is 2. The van der Waals surface area contributed by atoms with E-state index in [-0.39, 0.29) is 18.4 Å². The van der Waals surface area contributed by atoms with Crippen LogP contribution < -0.4 is 0 Å². The van der Waals surface area contributed by atoms with Crippen molar-refractivity contribution < 1.29 is 14.7 Å². The molecule has 0 saturated heterocycles. The molecule has 1 unspecified atom stereocenters. The zero-order chi connectivity index (χ0) is 12.6. The summed E-state index contributed by atoms with van der Waals surface area (Å²) in [6.45, 7) is 3.48. The SMILES string of the molecule is CCC(C)(O)CN1C(=O)c2ccccc2C1=O. The van der Waals surface area contributed by atoms with Crippen LogP contribution in [0.5, 0.6) is 0 Å². The number of β-amino-alcohol motifs (C(OH)–C–C–N with tert-alkyl or cyclic N) is 1. The fourth-order valence-electron chi connectivity index (χ4n) is 1.84. The number of carbonyl (C=O) groups excluding carboxylic acids is 2. The van der Waals surface area contributed by atoms with Crippen molar-refractivity contribution in [3.05, 3.63) is 35.4 Å². The van der Waals surface area contributed by atoms with Gasteiger partial charge in [0.2, 0.25) is 0 Å². The predicted octanol–water partition coefficient (Wildman–Crippen LogP) is 1.44. The zero-order valence-corrected chi connectivity index (χ0v) is 9.93. The molecule has 1 atom stereocenters. The van der Waals surface area contributed by atoms with Gasteiger partial charge in [0, 0.05) is 0 Å². The molecule has 1 aromatic rings. The first-order valence-electron chi connectivity index (χ1n) is 5.64. The van der Waals surface area contributed by atoms with Crippen LogP contribution in [-0.4, -0.2) is 34.0 Å². The monoisotopic (exact) mass is 233 g/mol. The summed E-state index contributed by atoms with van der Waals surface area (Å²) in [6, 6.07) is 6.73. The van der Waals surface area contributed by atoms with Crippen molar-refractivity contribution >= 4 is 11.8 Å². The molecule has 1 N–H and O–H groups in total. The van der Waals surface area contributed by atoms with E-state index in [1.807, 2.05) is 6.92 Å². The van der Waals surface area contributed by atoms with Gasteiger partial charge < -0.3 is 5.11 Å². The Hall–Kier alpha value is -1.68. The molecule has 0 bridgehead atoms. The Kier molecular flexibility index (Phi) is 2.75. The number of carbonyl (C=O) groups is 2. The third kappa shape index (κ3) is 1.96. The summed E-state index contributed by atoms with van der Waals surface area (Å²) in [5.74, 6) is -0.640. The van der Waals surface area contributed by atoms with Gasteiger partial charge in [-0.2, -0.15) is 0 Å². The van der Waals surface area contributed by atoms with Crippen LogP contribution in [0.4, 0.5) is 0 Å².